The summed E-state index contributed by atoms with van der Waals surface area (Å²) in [6.07, 6.45) is 2.25. The Morgan fingerprint density at radius 3 is 2.40 bits per heavy atom. The summed E-state index contributed by atoms with van der Waals surface area (Å²) in [5.74, 6) is -1.04. The number of pyridine rings is 2. The molecule has 0 saturated carbocycles. The van der Waals surface area contributed by atoms with Crippen LogP contribution < -0.4 is 5.32 Å². The first-order valence-electron chi connectivity index (χ1n) is 14.1. The molecule has 2 aliphatic heterocycles. The zero-order chi connectivity index (χ0) is 29.8. The predicted molar refractivity (Wildman–Crippen MR) is 156 cm³/mol. The number of carbonyl (C=O) groups is 3. The van der Waals surface area contributed by atoms with Crippen molar-refractivity contribution in [3.05, 3.63) is 83.7 Å². The van der Waals surface area contributed by atoms with Gasteiger partial charge in [-0.15, -0.1) is 0 Å². The van der Waals surface area contributed by atoms with Crippen molar-refractivity contribution in [2.75, 3.05) is 13.1 Å². The number of H-pyrrole nitrogens is 1. The number of hydrogen-bond donors (Lipinski definition) is 2. The Labute approximate surface area is 243 Å². The van der Waals surface area contributed by atoms with E-state index < -0.39 is 11.5 Å². The van der Waals surface area contributed by atoms with Gasteiger partial charge in [-0.2, -0.15) is 0 Å². The number of amides is 3. The molecule has 42 heavy (non-hydrogen) atoms. The number of nitrogens with zero attached hydrogens (tertiary/aromatic N) is 4. The van der Waals surface area contributed by atoms with Crippen LogP contribution in [0.2, 0.25) is 0 Å². The molecule has 0 aliphatic carbocycles. The highest BCUT2D eigenvalue weighted by atomic mass is 19.1. The number of hydrogen-bond acceptors (Lipinski definition) is 5. The zero-order valence-electron chi connectivity index (χ0n) is 24.0. The van der Waals surface area contributed by atoms with Crippen LogP contribution in [0.3, 0.4) is 0 Å². The van der Waals surface area contributed by atoms with Gasteiger partial charge < -0.3 is 20.1 Å². The van der Waals surface area contributed by atoms with Crippen LogP contribution in [0.4, 0.5) is 4.39 Å². The van der Waals surface area contributed by atoms with Gasteiger partial charge in [-0.05, 0) is 55.2 Å². The average molecular weight is 569 g/mol. The number of para-hydroxylation sites is 1. The van der Waals surface area contributed by atoms with E-state index in [0.29, 0.717) is 47.8 Å². The fourth-order valence-electron chi connectivity index (χ4n) is 5.93. The summed E-state index contributed by atoms with van der Waals surface area (Å²) < 4.78 is 13.6. The zero-order valence-corrected chi connectivity index (χ0v) is 24.0. The molecule has 4 aromatic rings. The van der Waals surface area contributed by atoms with Crippen molar-refractivity contribution in [1.29, 1.82) is 0 Å². The fraction of sp³-hybridized carbons (Fsp3) is 0.344. The summed E-state index contributed by atoms with van der Waals surface area (Å²) in [5, 5.41) is 3.90. The van der Waals surface area contributed by atoms with Crippen LogP contribution in [-0.4, -0.2) is 73.7 Å². The molecule has 3 amide bonds. The summed E-state index contributed by atoms with van der Waals surface area (Å²) in [6.45, 7) is 8.21. The van der Waals surface area contributed by atoms with E-state index in [0.717, 1.165) is 10.9 Å². The Hall–Kier alpha value is -4.60. The first-order chi connectivity index (χ1) is 20.0. The summed E-state index contributed by atoms with van der Waals surface area (Å²) in [6, 6.07) is 14.8. The van der Waals surface area contributed by atoms with E-state index in [1.165, 1.54) is 6.07 Å². The Balaban J connectivity index is 1.13. The lowest BCUT2D eigenvalue weighted by Crippen LogP contribution is -2.59. The van der Waals surface area contributed by atoms with E-state index in [2.05, 4.69) is 20.3 Å². The first-order valence-corrected chi connectivity index (χ1v) is 14.1. The summed E-state index contributed by atoms with van der Waals surface area (Å²) in [7, 11) is 0. The summed E-state index contributed by atoms with van der Waals surface area (Å²) in [4.78, 5) is 55.8. The van der Waals surface area contributed by atoms with E-state index in [1.54, 1.807) is 42.3 Å². The maximum Gasteiger partial charge on any atom is 0.272 e. The third kappa shape index (κ3) is 5.01. The SMILES string of the molecule is Cc1nc(-c2ccc(C(=O)N3C[C@@H]4CC3CN4C(=O)C(NC(=O)c3cc4ccccc4[nH]3)C(C)(C)C)nc2)ccc1F. The molecule has 1 aromatic carbocycles. The van der Waals surface area contributed by atoms with Crippen LogP contribution in [0.15, 0.2) is 60.8 Å². The molecule has 2 fully saturated rings. The minimum Gasteiger partial charge on any atom is -0.351 e. The molecule has 216 valence electrons. The topological polar surface area (TPSA) is 111 Å². The van der Waals surface area contributed by atoms with Crippen LogP contribution in [-0.2, 0) is 4.79 Å². The molecule has 0 radical (unpaired) electrons. The van der Waals surface area contributed by atoms with Gasteiger partial charge in [0.05, 0.1) is 23.5 Å². The molecular formula is C32H33FN6O3. The van der Waals surface area contributed by atoms with E-state index in [4.69, 9.17) is 0 Å². The molecule has 6 rings (SSSR count). The number of benzene rings is 1. The summed E-state index contributed by atoms with van der Waals surface area (Å²) in [5.41, 5.74) is 2.61. The Morgan fingerprint density at radius 1 is 1.02 bits per heavy atom. The van der Waals surface area contributed by atoms with Crippen molar-refractivity contribution in [2.45, 2.75) is 52.2 Å². The quantitative estimate of drug-likeness (QED) is 0.372. The monoisotopic (exact) mass is 568 g/mol. The normalized spacial score (nSPS) is 18.9. The van der Waals surface area contributed by atoms with Crippen LogP contribution >= 0.6 is 0 Å². The number of aromatic amines is 1. The Bertz CT molecular complexity index is 1660. The maximum absolute atomic E-state index is 13.8. The molecule has 2 unspecified atom stereocenters. The number of halogens is 1. The Kier molecular flexibility index (Phi) is 6.79. The van der Waals surface area contributed by atoms with Crippen LogP contribution in [0.25, 0.3) is 22.2 Å². The van der Waals surface area contributed by atoms with Gasteiger partial charge in [-0.3, -0.25) is 24.4 Å². The van der Waals surface area contributed by atoms with Crippen molar-refractivity contribution in [1.82, 2.24) is 30.1 Å². The second-order valence-corrected chi connectivity index (χ2v) is 12.2. The maximum atomic E-state index is 13.8. The van der Waals surface area contributed by atoms with Gasteiger partial charge in [0.15, 0.2) is 0 Å². The number of aryl methyl sites for hydroxylation is 1. The largest absolute Gasteiger partial charge is 0.351 e. The number of aromatic nitrogens is 3. The molecule has 2 bridgehead atoms. The Morgan fingerprint density at radius 2 is 1.76 bits per heavy atom. The van der Waals surface area contributed by atoms with Gasteiger partial charge in [0.1, 0.15) is 23.2 Å². The van der Waals surface area contributed by atoms with Crippen molar-refractivity contribution >= 4 is 28.6 Å². The molecule has 2 aliphatic rings. The van der Waals surface area contributed by atoms with E-state index >= 15 is 0 Å². The fourth-order valence-corrected chi connectivity index (χ4v) is 5.93. The number of carbonyl (C=O) groups excluding carboxylic acids is 3. The standard InChI is InChI=1S/C32H33FN6O3/c1-18-23(33)10-12-25(35-18)20-9-11-26(34-15-20)30(41)38-16-22-14-21(38)17-39(22)31(42)28(32(2,3)4)37-29(40)27-13-19-7-5-6-8-24(19)36-27/h5-13,15,21-22,28,36H,14,16-17H2,1-4H3,(H,37,40)/t21?,22-,28?/m0/s1. The van der Waals surface area contributed by atoms with Gasteiger partial charge in [0, 0.05) is 35.8 Å². The molecule has 5 heterocycles. The van der Waals surface area contributed by atoms with Gasteiger partial charge in [-0.25, -0.2) is 4.39 Å². The predicted octanol–water partition coefficient (Wildman–Crippen LogP) is 4.34. The second-order valence-electron chi connectivity index (χ2n) is 12.2. The molecule has 2 saturated heterocycles. The number of nitrogens with one attached hydrogen (secondary N) is 2. The molecule has 3 atom stereocenters. The van der Waals surface area contributed by atoms with Gasteiger partial charge in [0.2, 0.25) is 5.91 Å². The van der Waals surface area contributed by atoms with E-state index in [9.17, 15) is 18.8 Å². The third-order valence-corrected chi connectivity index (χ3v) is 8.25. The number of rotatable bonds is 5. The number of likely N-dealkylation sites (tertiary alicyclic amines) is 2. The molecule has 3 aromatic heterocycles. The average Bonchev–Trinajstić information content (AvgIpc) is 3.70. The van der Waals surface area contributed by atoms with Gasteiger partial charge in [0.25, 0.3) is 11.8 Å². The minimum atomic E-state index is -0.738. The number of fused-ring (bicyclic) bond motifs is 3. The van der Waals surface area contributed by atoms with Crippen molar-refractivity contribution in [3.63, 3.8) is 0 Å². The van der Waals surface area contributed by atoms with Crippen LogP contribution in [0.1, 0.15) is 53.9 Å². The van der Waals surface area contributed by atoms with Crippen molar-refractivity contribution < 1.29 is 18.8 Å². The smallest absolute Gasteiger partial charge is 0.272 e. The molecule has 10 heteroatoms. The lowest BCUT2D eigenvalue weighted by Gasteiger charge is -2.39. The molecule has 2 N–H and O–H groups in total. The first kappa shape index (κ1) is 27.6. The molecular weight excluding hydrogens is 535 g/mol. The van der Waals surface area contributed by atoms with Crippen molar-refractivity contribution in [3.8, 4) is 11.3 Å². The van der Waals surface area contributed by atoms with Gasteiger partial charge >= 0.3 is 0 Å². The minimum absolute atomic E-state index is 0.126. The lowest BCUT2D eigenvalue weighted by atomic mass is 9.85. The van der Waals surface area contributed by atoms with Crippen molar-refractivity contribution in [2.24, 2.45) is 5.41 Å². The highest BCUT2D eigenvalue weighted by molar-refractivity contribution is 6.00. The lowest BCUT2D eigenvalue weighted by molar-refractivity contribution is -0.138. The van der Waals surface area contributed by atoms with Gasteiger partial charge in [-0.1, -0.05) is 39.0 Å². The summed E-state index contributed by atoms with van der Waals surface area (Å²) >= 11 is 0. The molecule has 9 nitrogen and oxygen atoms in total. The third-order valence-electron chi connectivity index (χ3n) is 8.25. The highest BCUT2D eigenvalue weighted by Crippen LogP contribution is 2.34. The molecule has 0 spiro atoms. The van der Waals surface area contributed by atoms with Crippen LogP contribution in [0, 0.1) is 18.2 Å². The highest BCUT2D eigenvalue weighted by Gasteiger charge is 2.50. The number of piperazine rings is 1. The van der Waals surface area contributed by atoms with Crippen LogP contribution in [0.5, 0.6) is 0 Å². The van der Waals surface area contributed by atoms with E-state index in [-0.39, 0.29) is 35.6 Å². The van der Waals surface area contributed by atoms with E-state index in [1.807, 2.05) is 49.9 Å². The second kappa shape index (κ2) is 10.3.